The van der Waals surface area contributed by atoms with Crippen LogP contribution >= 0.6 is 11.3 Å². The fourth-order valence-corrected chi connectivity index (χ4v) is 5.21. The van der Waals surface area contributed by atoms with E-state index in [-0.39, 0.29) is 30.0 Å². The fraction of sp³-hybridized carbons (Fsp3) is 0.333. The number of nitrogens with one attached hydrogen (secondary N) is 2. The summed E-state index contributed by atoms with van der Waals surface area (Å²) < 4.78 is 24.2. The first-order valence-electron chi connectivity index (χ1n) is 8.39. The van der Waals surface area contributed by atoms with Crippen molar-refractivity contribution in [3.05, 3.63) is 52.2 Å². The third kappa shape index (κ3) is 4.31. The summed E-state index contributed by atoms with van der Waals surface area (Å²) in [5.74, 6) is -0.252. The summed E-state index contributed by atoms with van der Waals surface area (Å²) in [5.41, 5.74) is 1.28. The lowest BCUT2D eigenvalue weighted by Gasteiger charge is -2.26. The molecule has 26 heavy (non-hydrogen) atoms. The first-order chi connectivity index (χ1) is 12.5. The molecule has 2 aromatic rings. The maximum absolute atomic E-state index is 12.2. The standard InChI is InChI=1S/C18H20N2O4S2/c21-17(6-3-9-19-18(22)13-7-10-25-12-13)20-15-8-11-26(23,24)16-5-2-1-4-14(15)16/h1-2,4-5,7,10,12,15H,3,6,8-9,11H2,(H,19,22)(H,20,21). The number of hydrogen-bond donors (Lipinski definition) is 2. The van der Waals surface area contributed by atoms with Gasteiger partial charge in [0, 0.05) is 23.9 Å². The molecule has 3 rings (SSSR count). The van der Waals surface area contributed by atoms with Crippen LogP contribution in [0, 0.1) is 0 Å². The van der Waals surface area contributed by atoms with E-state index in [1.54, 1.807) is 35.7 Å². The zero-order valence-corrected chi connectivity index (χ0v) is 15.7. The first kappa shape index (κ1) is 18.6. The third-order valence-corrected chi connectivity index (χ3v) is 6.79. The molecule has 1 unspecified atom stereocenters. The van der Waals surface area contributed by atoms with Gasteiger partial charge in [-0.05, 0) is 35.9 Å². The Morgan fingerprint density at radius 2 is 2.00 bits per heavy atom. The van der Waals surface area contributed by atoms with Crippen LogP contribution in [0.4, 0.5) is 0 Å². The molecule has 1 atom stereocenters. The summed E-state index contributed by atoms with van der Waals surface area (Å²) >= 11 is 1.46. The van der Waals surface area contributed by atoms with Crippen molar-refractivity contribution < 1.29 is 18.0 Å². The Balaban J connectivity index is 1.49. The van der Waals surface area contributed by atoms with Gasteiger partial charge in [-0.3, -0.25) is 9.59 Å². The molecule has 1 aliphatic heterocycles. The minimum atomic E-state index is -3.26. The summed E-state index contributed by atoms with van der Waals surface area (Å²) in [5, 5.41) is 9.31. The SMILES string of the molecule is O=C(CCCNC(=O)c1ccsc1)NC1CCS(=O)(=O)c2ccccc21. The van der Waals surface area contributed by atoms with E-state index < -0.39 is 9.84 Å². The smallest absolute Gasteiger partial charge is 0.252 e. The molecule has 8 heteroatoms. The Labute approximate surface area is 156 Å². The van der Waals surface area contributed by atoms with Crippen LogP contribution in [0.25, 0.3) is 0 Å². The highest BCUT2D eigenvalue weighted by molar-refractivity contribution is 7.91. The number of rotatable bonds is 6. The van der Waals surface area contributed by atoms with Gasteiger partial charge in [-0.2, -0.15) is 11.3 Å². The Hall–Kier alpha value is -2.19. The van der Waals surface area contributed by atoms with Crippen molar-refractivity contribution >= 4 is 33.0 Å². The van der Waals surface area contributed by atoms with E-state index >= 15 is 0 Å². The molecule has 0 bridgehead atoms. The topological polar surface area (TPSA) is 92.3 Å². The predicted octanol–water partition coefficient (Wildman–Crippen LogP) is 2.29. The van der Waals surface area contributed by atoms with Crippen LogP contribution in [0.1, 0.15) is 41.2 Å². The number of thiophene rings is 1. The van der Waals surface area contributed by atoms with E-state index in [9.17, 15) is 18.0 Å². The number of hydrogen-bond acceptors (Lipinski definition) is 5. The molecule has 0 saturated heterocycles. The largest absolute Gasteiger partial charge is 0.352 e. The zero-order chi connectivity index (χ0) is 18.6. The Bertz CT molecular complexity index is 892. The normalized spacial score (nSPS) is 17.9. The maximum Gasteiger partial charge on any atom is 0.252 e. The van der Waals surface area contributed by atoms with Gasteiger partial charge in [-0.15, -0.1) is 0 Å². The van der Waals surface area contributed by atoms with Gasteiger partial charge in [0.15, 0.2) is 9.84 Å². The molecule has 2 heterocycles. The van der Waals surface area contributed by atoms with Gasteiger partial charge >= 0.3 is 0 Å². The molecule has 0 spiro atoms. The second-order valence-electron chi connectivity index (χ2n) is 6.14. The molecule has 138 valence electrons. The third-order valence-electron chi connectivity index (χ3n) is 4.29. The minimum absolute atomic E-state index is 0.0334. The minimum Gasteiger partial charge on any atom is -0.352 e. The highest BCUT2D eigenvalue weighted by atomic mass is 32.2. The van der Waals surface area contributed by atoms with Crippen molar-refractivity contribution in [2.24, 2.45) is 0 Å². The van der Waals surface area contributed by atoms with Crippen LogP contribution < -0.4 is 10.6 Å². The van der Waals surface area contributed by atoms with Gasteiger partial charge in [0.25, 0.3) is 5.91 Å². The van der Waals surface area contributed by atoms with E-state index in [0.29, 0.717) is 35.4 Å². The van der Waals surface area contributed by atoms with Crippen LogP contribution in [0.2, 0.25) is 0 Å². The first-order valence-corrected chi connectivity index (χ1v) is 11.0. The number of benzene rings is 1. The molecule has 0 radical (unpaired) electrons. The molecule has 1 aromatic carbocycles. The Morgan fingerprint density at radius 3 is 2.77 bits per heavy atom. The number of amides is 2. The lowest BCUT2D eigenvalue weighted by atomic mass is 10.0. The highest BCUT2D eigenvalue weighted by Crippen LogP contribution is 2.31. The average molecular weight is 393 g/mol. The fourth-order valence-electron chi connectivity index (χ4n) is 2.95. The van der Waals surface area contributed by atoms with Crippen LogP contribution in [0.3, 0.4) is 0 Å². The molecule has 1 aliphatic rings. The molecular formula is C18H20N2O4S2. The van der Waals surface area contributed by atoms with Crippen molar-refractivity contribution in [2.45, 2.75) is 30.2 Å². The van der Waals surface area contributed by atoms with Crippen LogP contribution in [-0.2, 0) is 14.6 Å². The van der Waals surface area contributed by atoms with Crippen molar-refractivity contribution in [2.75, 3.05) is 12.3 Å². The van der Waals surface area contributed by atoms with Gasteiger partial charge in [-0.25, -0.2) is 8.42 Å². The highest BCUT2D eigenvalue weighted by Gasteiger charge is 2.30. The van der Waals surface area contributed by atoms with Crippen LogP contribution in [-0.4, -0.2) is 32.5 Å². The van der Waals surface area contributed by atoms with Gasteiger partial charge in [0.1, 0.15) is 0 Å². The van der Waals surface area contributed by atoms with Crippen molar-refractivity contribution in [3.63, 3.8) is 0 Å². The van der Waals surface area contributed by atoms with Gasteiger partial charge < -0.3 is 10.6 Å². The molecule has 1 aromatic heterocycles. The van der Waals surface area contributed by atoms with E-state index in [4.69, 9.17) is 0 Å². The van der Waals surface area contributed by atoms with Gasteiger partial charge in [0.2, 0.25) is 5.91 Å². The monoisotopic (exact) mass is 392 g/mol. The van der Waals surface area contributed by atoms with Crippen LogP contribution in [0.5, 0.6) is 0 Å². The molecule has 0 saturated carbocycles. The number of carbonyl (C=O) groups is 2. The maximum atomic E-state index is 12.2. The van der Waals surface area contributed by atoms with E-state index in [1.165, 1.54) is 11.3 Å². The molecule has 6 nitrogen and oxygen atoms in total. The van der Waals surface area contributed by atoms with Crippen molar-refractivity contribution in [1.29, 1.82) is 0 Å². The lowest BCUT2D eigenvalue weighted by Crippen LogP contribution is -2.34. The molecule has 2 N–H and O–H groups in total. The quantitative estimate of drug-likeness (QED) is 0.738. The molecular weight excluding hydrogens is 372 g/mol. The molecule has 0 aliphatic carbocycles. The lowest BCUT2D eigenvalue weighted by molar-refractivity contribution is -0.122. The second-order valence-corrected chi connectivity index (χ2v) is 8.99. The predicted molar refractivity (Wildman–Crippen MR) is 99.9 cm³/mol. The number of carbonyl (C=O) groups excluding carboxylic acids is 2. The molecule has 0 fully saturated rings. The summed E-state index contributed by atoms with van der Waals surface area (Å²) in [7, 11) is -3.26. The summed E-state index contributed by atoms with van der Waals surface area (Å²) in [6.45, 7) is 0.414. The van der Waals surface area contributed by atoms with Crippen molar-refractivity contribution in [1.82, 2.24) is 10.6 Å². The van der Waals surface area contributed by atoms with Crippen LogP contribution in [0.15, 0.2) is 46.0 Å². The summed E-state index contributed by atoms with van der Waals surface area (Å²) in [6, 6.07) is 8.26. The summed E-state index contributed by atoms with van der Waals surface area (Å²) in [6.07, 6.45) is 1.17. The van der Waals surface area contributed by atoms with E-state index in [2.05, 4.69) is 10.6 Å². The summed E-state index contributed by atoms with van der Waals surface area (Å²) in [4.78, 5) is 24.3. The van der Waals surface area contributed by atoms with Gasteiger partial charge in [-0.1, -0.05) is 18.2 Å². The second kappa shape index (κ2) is 8.01. The molecule has 2 amide bonds. The van der Waals surface area contributed by atoms with E-state index in [1.807, 2.05) is 5.38 Å². The number of sulfone groups is 1. The Morgan fingerprint density at radius 1 is 1.19 bits per heavy atom. The average Bonchev–Trinajstić information content (AvgIpc) is 3.16. The number of fused-ring (bicyclic) bond motifs is 1. The van der Waals surface area contributed by atoms with E-state index in [0.717, 1.165) is 0 Å². The Kier molecular flexibility index (Phi) is 5.73. The van der Waals surface area contributed by atoms with Gasteiger partial charge in [0.05, 0.1) is 16.7 Å². The zero-order valence-electron chi connectivity index (χ0n) is 14.1. The van der Waals surface area contributed by atoms with Crippen molar-refractivity contribution in [3.8, 4) is 0 Å².